The van der Waals surface area contributed by atoms with E-state index in [1.165, 1.54) is 6.07 Å². The van der Waals surface area contributed by atoms with Crippen LogP contribution in [0.25, 0.3) is 0 Å². The van der Waals surface area contributed by atoms with Gasteiger partial charge >= 0.3 is 6.18 Å². The molecule has 0 aliphatic carbocycles. The molecule has 0 radical (unpaired) electrons. The number of amides is 1. The third kappa shape index (κ3) is 5.24. The first-order valence-electron chi connectivity index (χ1n) is 7.87. The zero-order valence-electron chi connectivity index (χ0n) is 14.2. The van der Waals surface area contributed by atoms with E-state index in [1.807, 2.05) is 19.1 Å². The van der Waals surface area contributed by atoms with Crippen molar-refractivity contribution in [3.8, 4) is 5.75 Å². The van der Waals surface area contributed by atoms with Gasteiger partial charge in [-0.15, -0.1) is 0 Å². The van der Waals surface area contributed by atoms with E-state index in [0.717, 1.165) is 17.7 Å². The summed E-state index contributed by atoms with van der Waals surface area (Å²) in [6.45, 7) is 5.14. The summed E-state index contributed by atoms with van der Waals surface area (Å²) in [7, 11) is 0. The molecule has 0 aliphatic heterocycles. The van der Waals surface area contributed by atoms with E-state index in [2.05, 4.69) is 5.32 Å². The zero-order valence-corrected chi connectivity index (χ0v) is 14.2. The average Bonchev–Trinajstić information content (AvgIpc) is 2.54. The number of hydrogen-bond donors (Lipinski definition) is 1. The molecule has 2 rings (SSSR count). The molecule has 0 spiro atoms. The van der Waals surface area contributed by atoms with Gasteiger partial charge in [-0.3, -0.25) is 4.79 Å². The summed E-state index contributed by atoms with van der Waals surface area (Å²) < 4.78 is 43.9. The average molecular weight is 351 g/mol. The fourth-order valence-corrected chi connectivity index (χ4v) is 2.34. The van der Waals surface area contributed by atoms with Crippen LogP contribution < -0.4 is 10.1 Å². The molecule has 0 heterocycles. The number of alkyl halides is 3. The van der Waals surface area contributed by atoms with Crippen molar-refractivity contribution in [2.75, 3.05) is 0 Å². The van der Waals surface area contributed by atoms with E-state index in [-0.39, 0.29) is 0 Å². The predicted molar refractivity (Wildman–Crippen MR) is 89.3 cm³/mol. The van der Waals surface area contributed by atoms with Gasteiger partial charge in [0.15, 0.2) is 6.10 Å². The molecule has 0 fully saturated rings. The molecule has 6 heteroatoms. The molecule has 2 aromatic rings. The Morgan fingerprint density at radius 3 is 2.40 bits per heavy atom. The summed E-state index contributed by atoms with van der Waals surface area (Å²) in [6, 6.07) is 11.6. The van der Waals surface area contributed by atoms with Crippen LogP contribution in [0.4, 0.5) is 13.2 Å². The SMILES string of the molecule is Cc1cccc(OC(C)C(=O)NC(C)c2cccc(C(F)(F)F)c2)c1. The maximum Gasteiger partial charge on any atom is 0.416 e. The minimum atomic E-state index is -4.42. The summed E-state index contributed by atoms with van der Waals surface area (Å²) in [5.41, 5.74) is 0.642. The number of carbonyl (C=O) groups is 1. The Morgan fingerprint density at radius 1 is 1.08 bits per heavy atom. The summed E-state index contributed by atoms with van der Waals surface area (Å²) in [4.78, 5) is 12.2. The topological polar surface area (TPSA) is 38.3 Å². The Bertz CT molecular complexity index is 743. The minimum Gasteiger partial charge on any atom is -0.481 e. The highest BCUT2D eigenvalue weighted by Crippen LogP contribution is 2.30. The van der Waals surface area contributed by atoms with Gasteiger partial charge in [-0.25, -0.2) is 0 Å². The Balaban J connectivity index is 2.02. The maximum atomic E-state index is 12.8. The molecular weight excluding hydrogens is 331 g/mol. The third-order valence-corrected chi connectivity index (χ3v) is 3.74. The number of ether oxygens (including phenoxy) is 1. The number of halogens is 3. The maximum absolute atomic E-state index is 12.8. The quantitative estimate of drug-likeness (QED) is 0.851. The van der Waals surface area contributed by atoms with Crippen molar-refractivity contribution in [1.82, 2.24) is 5.32 Å². The Morgan fingerprint density at radius 2 is 1.76 bits per heavy atom. The lowest BCUT2D eigenvalue weighted by Gasteiger charge is -2.20. The predicted octanol–water partition coefficient (Wildman–Crippen LogP) is 4.66. The molecule has 25 heavy (non-hydrogen) atoms. The van der Waals surface area contributed by atoms with E-state index >= 15 is 0 Å². The number of carbonyl (C=O) groups excluding carboxylic acids is 1. The second-order valence-electron chi connectivity index (χ2n) is 5.93. The number of benzene rings is 2. The van der Waals surface area contributed by atoms with Crippen LogP contribution in [0.5, 0.6) is 5.75 Å². The molecule has 2 aromatic carbocycles. The first-order valence-corrected chi connectivity index (χ1v) is 7.87. The normalized spacial score (nSPS) is 13.8. The summed E-state index contributed by atoms with van der Waals surface area (Å²) in [5.74, 6) is 0.167. The van der Waals surface area contributed by atoms with E-state index in [4.69, 9.17) is 4.74 Å². The third-order valence-electron chi connectivity index (χ3n) is 3.74. The molecule has 134 valence electrons. The molecule has 1 amide bonds. The zero-order chi connectivity index (χ0) is 18.6. The van der Waals surface area contributed by atoms with Crippen LogP contribution in [-0.4, -0.2) is 12.0 Å². The highest BCUT2D eigenvalue weighted by atomic mass is 19.4. The van der Waals surface area contributed by atoms with Crippen LogP contribution in [-0.2, 0) is 11.0 Å². The van der Waals surface area contributed by atoms with E-state index in [0.29, 0.717) is 11.3 Å². The smallest absolute Gasteiger partial charge is 0.416 e. The first kappa shape index (κ1) is 18.8. The highest BCUT2D eigenvalue weighted by molar-refractivity contribution is 5.81. The number of rotatable bonds is 5. The standard InChI is InChI=1S/C19H20F3NO2/c1-12-6-4-9-17(10-12)25-14(3)18(24)23-13(2)15-7-5-8-16(11-15)19(20,21)22/h4-11,13-14H,1-3H3,(H,23,24). The summed E-state index contributed by atoms with van der Waals surface area (Å²) >= 11 is 0. The van der Waals surface area contributed by atoms with Gasteiger partial charge in [0.1, 0.15) is 5.75 Å². The van der Waals surface area contributed by atoms with Crippen LogP contribution in [0.1, 0.15) is 36.6 Å². The van der Waals surface area contributed by atoms with Crippen molar-refractivity contribution in [3.05, 3.63) is 65.2 Å². The van der Waals surface area contributed by atoms with Crippen LogP contribution in [0.15, 0.2) is 48.5 Å². The number of aryl methyl sites for hydroxylation is 1. The van der Waals surface area contributed by atoms with Crippen molar-refractivity contribution >= 4 is 5.91 Å². The van der Waals surface area contributed by atoms with Gasteiger partial charge in [0.05, 0.1) is 11.6 Å². The van der Waals surface area contributed by atoms with E-state index in [9.17, 15) is 18.0 Å². The largest absolute Gasteiger partial charge is 0.481 e. The van der Waals surface area contributed by atoms with E-state index < -0.39 is 29.8 Å². The molecule has 0 bridgehead atoms. The minimum absolute atomic E-state index is 0.380. The highest BCUT2D eigenvalue weighted by Gasteiger charge is 2.31. The second-order valence-corrected chi connectivity index (χ2v) is 5.93. The van der Waals surface area contributed by atoms with Gasteiger partial charge in [0.2, 0.25) is 0 Å². The number of nitrogens with one attached hydrogen (secondary N) is 1. The van der Waals surface area contributed by atoms with Crippen molar-refractivity contribution in [2.24, 2.45) is 0 Å². The lowest BCUT2D eigenvalue weighted by atomic mass is 10.0. The second kappa shape index (κ2) is 7.59. The van der Waals surface area contributed by atoms with Gasteiger partial charge < -0.3 is 10.1 Å². The molecule has 1 N–H and O–H groups in total. The fraction of sp³-hybridized carbons (Fsp3) is 0.316. The van der Waals surface area contributed by atoms with Gasteiger partial charge in [-0.2, -0.15) is 13.2 Å². The van der Waals surface area contributed by atoms with Crippen molar-refractivity contribution in [3.63, 3.8) is 0 Å². The molecule has 0 saturated carbocycles. The van der Waals surface area contributed by atoms with Gasteiger partial charge in [0, 0.05) is 0 Å². The van der Waals surface area contributed by atoms with Crippen molar-refractivity contribution in [1.29, 1.82) is 0 Å². The summed E-state index contributed by atoms with van der Waals surface area (Å²) in [5, 5.41) is 2.68. The summed E-state index contributed by atoms with van der Waals surface area (Å²) in [6.07, 6.45) is -5.18. The van der Waals surface area contributed by atoms with Gasteiger partial charge in [0.25, 0.3) is 5.91 Å². The van der Waals surface area contributed by atoms with Crippen molar-refractivity contribution < 1.29 is 22.7 Å². The first-order chi connectivity index (χ1) is 11.7. The van der Waals surface area contributed by atoms with Crippen LogP contribution in [0.2, 0.25) is 0 Å². The van der Waals surface area contributed by atoms with Crippen LogP contribution >= 0.6 is 0 Å². The molecular formula is C19H20F3NO2. The Kier molecular flexibility index (Phi) is 5.72. The molecule has 0 aromatic heterocycles. The molecule has 2 unspecified atom stereocenters. The Hall–Kier alpha value is -2.50. The van der Waals surface area contributed by atoms with Gasteiger partial charge in [-0.05, 0) is 56.2 Å². The van der Waals surface area contributed by atoms with Crippen molar-refractivity contribution in [2.45, 2.75) is 39.1 Å². The molecule has 0 aliphatic rings. The van der Waals surface area contributed by atoms with Crippen LogP contribution in [0, 0.1) is 6.92 Å². The van der Waals surface area contributed by atoms with Gasteiger partial charge in [-0.1, -0.05) is 24.3 Å². The monoisotopic (exact) mass is 351 g/mol. The van der Waals surface area contributed by atoms with E-state index in [1.54, 1.807) is 32.0 Å². The lowest BCUT2D eigenvalue weighted by molar-refractivity contribution is -0.137. The Labute approximate surface area is 144 Å². The lowest BCUT2D eigenvalue weighted by Crippen LogP contribution is -2.37. The van der Waals surface area contributed by atoms with Crippen LogP contribution in [0.3, 0.4) is 0 Å². The molecule has 0 saturated heterocycles. The fourth-order valence-electron chi connectivity index (χ4n) is 2.34. The molecule has 3 nitrogen and oxygen atoms in total. The molecule has 2 atom stereocenters. The number of hydrogen-bond acceptors (Lipinski definition) is 2.